The maximum absolute atomic E-state index is 13.0. The zero-order valence-corrected chi connectivity index (χ0v) is 16.7. The lowest BCUT2D eigenvalue weighted by Gasteiger charge is -2.39. The number of hydrogen-bond donors (Lipinski definition) is 1. The average Bonchev–Trinajstić information content (AvgIpc) is 2.59. The van der Waals surface area contributed by atoms with Gasteiger partial charge in [-0.05, 0) is 42.7 Å². The summed E-state index contributed by atoms with van der Waals surface area (Å²) in [5, 5.41) is 8.97. The van der Waals surface area contributed by atoms with Gasteiger partial charge in [0.2, 0.25) is 0 Å². The number of rotatable bonds is 7. The Labute approximate surface area is 161 Å². The van der Waals surface area contributed by atoms with Crippen molar-refractivity contribution in [3.8, 4) is 0 Å². The van der Waals surface area contributed by atoms with Gasteiger partial charge < -0.3 is 5.11 Å². The number of benzene rings is 1. The van der Waals surface area contributed by atoms with Crippen LogP contribution in [-0.2, 0) is 4.79 Å². The molecule has 2 rings (SSSR count). The first-order chi connectivity index (χ1) is 12.5. The van der Waals surface area contributed by atoms with Crippen molar-refractivity contribution in [2.45, 2.75) is 53.4 Å². The predicted octanol–water partition coefficient (Wildman–Crippen LogP) is 5.18. The molecule has 1 saturated carbocycles. The summed E-state index contributed by atoms with van der Waals surface area (Å²) in [6.45, 7) is 12.2. The van der Waals surface area contributed by atoms with Gasteiger partial charge in [-0.3, -0.25) is 9.59 Å². The van der Waals surface area contributed by atoms with Crippen LogP contribution in [0.1, 0.15) is 74.1 Å². The van der Waals surface area contributed by atoms with E-state index in [4.69, 9.17) is 5.11 Å². The van der Waals surface area contributed by atoms with Crippen molar-refractivity contribution in [1.82, 2.24) is 0 Å². The van der Waals surface area contributed by atoms with Gasteiger partial charge in [-0.2, -0.15) is 0 Å². The molecule has 1 aliphatic rings. The van der Waals surface area contributed by atoms with Gasteiger partial charge in [0.15, 0.2) is 5.78 Å². The number of carbonyl (C=O) groups excluding carboxylic acids is 2. The minimum Gasteiger partial charge on any atom is -0.478 e. The fraction of sp³-hybridized carbons (Fsp3) is 0.522. The smallest absolute Gasteiger partial charge is 0.335 e. The molecule has 4 nitrogen and oxygen atoms in total. The highest BCUT2D eigenvalue weighted by atomic mass is 16.4. The lowest BCUT2D eigenvalue weighted by Crippen LogP contribution is -2.37. The Morgan fingerprint density at radius 1 is 1.15 bits per heavy atom. The number of ketones is 2. The maximum atomic E-state index is 13.0. The number of carbonyl (C=O) groups is 3. The molecule has 27 heavy (non-hydrogen) atoms. The van der Waals surface area contributed by atoms with Crippen molar-refractivity contribution in [2.24, 2.45) is 23.2 Å². The Kier molecular flexibility index (Phi) is 6.40. The summed E-state index contributed by atoms with van der Waals surface area (Å²) in [5.41, 5.74) is 1.58. The molecule has 1 fully saturated rings. The van der Waals surface area contributed by atoms with Crippen molar-refractivity contribution in [2.75, 3.05) is 0 Å². The lowest BCUT2D eigenvalue weighted by atomic mass is 9.64. The lowest BCUT2D eigenvalue weighted by molar-refractivity contribution is -0.126. The van der Waals surface area contributed by atoms with E-state index in [9.17, 15) is 14.4 Å². The van der Waals surface area contributed by atoms with Crippen LogP contribution in [0.5, 0.6) is 0 Å². The molecule has 0 amide bonds. The fourth-order valence-corrected chi connectivity index (χ4v) is 4.19. The average molecular weight is 370 g/mol. The summed E-state index contributed by atoms with van der Waals surface area (Å²) >= 11 is 0. The van der Waals surface area contributed by atoms with E-state index in [1.165, 1.54) is 12.1 Å². The quantitative estimate of drug-likeness (QED) is 0.530. The van der Waals surface area contributed by atoms with Crippen molar-refractivity contribution in [3.05, 3.63) is 47.5 Å². The third kappa shape index (κ3) is 4.74. The summed E-state index contributed by atoms with van der Waals surface area (Å²) in [4.78, 5) is 36.7. The second-order valence-electron chi connectivity index (χ2n) is 8.62. The third-order valence-corrected chi connectivity index (χ3v) is 6.04. The van der Waals surface area contributed by atoms with Gasteiger partial charge in [-0.25, -0.2) is 4.79 Å². The standard InChI is InChI=1S/C23H30O4/c1-14-7-6-12-23(4,5)20(14)19(24)13-15(2)16(3)21(25)17-8-10-18(11-9-17)22(26)27/h8-11,15-16,20H,1,6-7,12-13H2,2-5H3,(H,26,27). The zero-order valence-electron chi connectivity index (χ0n) is 16.7. The summed E-state index contributed by atoms with van der Waals surface area (Å²) in [6, 6.07) is 5.96. The molecule has 3 unspecified atom stereocenters. The van der Waals surface area contributed by atoms with Crippen LogP contribution >= 0.6 is 0 Å². The van der Waals surface area contributed by atoms with E-state index in [1.54, 1.807) is 12.1 Å². The summed E-state index contributed by atoms with van der Waals surface area (Å²) in [5.74, 6) is -1.44. The fourth-order valence-electron chi connectivity index (χ4n) is 4.19. The molecule has 146 valence electrons. The largest absolute Gasteiger partial charge is 0.478 e. The molecule has 0 aromatic heterocycles. The highest BCUT2D eigenvalue weighted by molar-refractivity contribution is 5.99. The first-order valence-corrected chi connectivity index (χ1v) is 9.62. The normalized spacial score (nSPS) is 21.3. The number of aromatic carboxylic acids is 1. The molecule has 4 heteroatoms. The number of allylic oxidation sites excluding steroid dienone is 1. The highest BCUT2D eigenvalue weighted by Crippen LogP contribution is 2.44. The number of carboxylic acid groups (broad SMARTS) is 1. The molecule has 0 bridgehead atoms. The second kappa shape index (κ2) is 8.20. The van der Waals surface area contributed by atoms with E-state index >= 15 is 0 Å². The first kappa shape index (κ1) is 21.1. The van der Waals surface area contributed by atoms with Crippen LogP contribution in [-0.4, -0.2) is 22.6 Å². The van der Waals surface area contributed by atoms with E-state index in [-0.39, 0.29) is 40.3 Å². The van der Waals surface area contributed by atoms with Crippen molar-refractivity contribution in [3.63, 3.8) is 0 Å². The van der Waals surface area contributed by atoms with Crippen LogP contribution in [0.3, 0.4) is 0 Å². The summed E-state index contributed by atoms with van der Waals surface area (Å²) in [6.07, 6.45) is 3.35. The molecule has 0 radical (unpaired) electrons. The second-order valence-corrected chi connectivity index (χ2v) is 8.62. The molecule has 0 saturated heterocycles. The monoisotopic (exact) mass is 370 g/mol. The van der Waals surface area contributed by atoms with Crippen LogP contribution < -0.4 is 0 Å². The SMILES string of the molecule is C=C1CCCC(C)(C)C1C(=O)CC(C)C(C)C(=O)c1ccc(C(=O)O)cc1. The Hall–Kier alpha value is -2.23. The van der Waals surface area contributed by atoms with Gasteiger partial charge in [0.1, 0.15) is 5.78 Å². The molecular formula is C23H30O4. The highest BCUT2D eigenvalue weighted by Gasteiger charge is 2.40. The third-order valence-electron chi connectivity index (χ3n) is 6.04. The van der Waals surface area contributed by atoms with Gasteiger partial charge in [0.25, 0.3) is 0 Å². The minimum atomic E-state index is -1.02. The number of hydrogen-bond acceptors (Lipinski definition) is 3. The minimum absolute atomic E-state index is 0.0611. The van der Waals surface area contributed by atoms with Crippen LogP contribution in [0.2, 0.25) is 0 Å². The van der Waals surface area contributed by atoms with Crippen LogP contribution in [0.25, 0.3) is 0 Å². The summed E-state index contributed by atoms with van der Waals surface area (Å²) in [7, 11) is 0. The van der Waals surface area contributed by atoms with Gasteiger partial charge >= 0.3 is 5.97 Å². The molecule has 0 spiro atoms. The molecule has 1 N–H and O–H groups in total. The van der Waals surface area contributed by atoms with Gasteiger partial charge in [-0.1, -0.05) is 52.0 Å². The number of Topliss-reactive ketones (excluding diaryl/α,β-unsaturated/α-hetero) is 2. The molecule has 1 aromatic rings. The molecule has 3 atom stereocenters. The molecule has 1 aliphatic carbocycles. The zero-order chi connectivity index (χ0) is 20.4. The van der Waals surface area contributed by atoms with Crippen molar-refractivity contribution < 1.29 is 19.5 Å². The van der Waals surface area contributed by atoms with Crippen molar-refractivity contribution >= 4 is 17.5 Å². The van der Waals surface area contributed by atoms with Crippen LogP contribution in [0, 0.1) is 23.2 Å². The van der Waals surface area contributed by atoms with Crippen LogP contribution in [0.4, 0.5) is 0 Å². The molecule has 0 aliphatic heterocycles. The molecule has 1 aromatic carbocycles. The molecule has 0 heterocycles. The van der Waals surface area contributed by atoms with Crippen molar-refractivity contribution in [1.29, 1.82) is 0 Å². The first-order valence-electron chi connectivity index (χ1n) is 9.62. The van der Waals surface area contributed by atoms with E-state index in [1.807, 2.05) is 13.8 Å². The Bertz CT molecular complexity index is 742. The van der Waals surface area contributed by atoms with Gasteiger partial charge in [0.05, 0.1) is 5.56 Å². The maximum Gasteiger partial charge on any atom is 0.335 e. The number of carboxylic acids is 1. The van der Waals surface area contributed by atoms with Crippen LogP contribution in [0.15, 0.2) is 36.4 Å². The topological polar surface area (TPSA) is 71.4 Å². The molecular weight excluding hydrogens is 340 g/mol. The Morgan fingerprint density at radius 3 is 2.22 bits per heavy atom. The predicted molar refractivity (Wildman–Crippen MR) is 106 cm³/mol. The van der Waals surface area contributed by atoms with Gasteiger partial charge in [-0.15, -0.1) is 0 Å². The van der Waals surface area contributed by atoms with E-state index in [0.29, 0.717) is 12.0 Å². The summed E-state index contributed by atoms with van der Waals surface area (Å²) < 4.78 is 0. The van der Waals surface area contributed by atoms with E-state index in [0.717, 1.165) is 24.8 Å². The van der Waals surface area contributed by atoms with E-state index < -0.39 is 5.97 Å². The Morgan fingerprint density at radius 2 is 1.70 bits per heavy atom. The van der Waals surface area contributed by atoms with E-state index in [2.05, 4.69) is 20.4 Å². The van der Waals surface area contributed by atoms with Gasteiger partial charge in [0, 0.05) is 23.8 Å². The Balaban J connectivity index is 2.06.